The number of rotatable bonds is 2. The SMILES string of the molecule is CC[C@H]1C(=O)N[C@H](CO)[C@H]1C. The molecule has 3 heteroatoms. The highest BCUT2D eigenvalue weighted by Gasteiger charge is 2.37. The lowest BCUT2D eigenvalue weighted by Gasteiger charge is -2.13. The summed E-state index contributed by atoms with van der Waals surface area (Å²) in [5.74, 6) is 0.476. The standard InChI is InChI=1S/C8H15NO2/c1-3-6-5(2)7(4-10)9-8(6)11/h5-7,10H,3-4H2,1-2H3,(H,9,11)/t5-,6+,7+/m0/s1. The van der Waals surface area contributed by atoms with Gasteiger partial charge in [-0.1, -0.05) is 13.8 Å². The second-order valence-corrected chi connectivity index (χ2v) is 3.17. The molecule has 0 aromatic carbocycles. The maximum atomic E-state index is 11.2. The zero-order valence-electron chi connectivity index (χ0n) is 7.00. The summed E-state index contributed by atoms with van der Waals surface area (Å²) in [5, 5.41) is 11.6. The number of aliphatic hydroxyl groups excluding tert-OH is 1. The molecule has 0 spiro atoms. The van der Waals surface area contributed by atoms with Gasteiger partial charge in [0.25, 0.3) is 0 Å². The zero-order chi connectivity index (χ0) is 8.43. The molecule has 3 atom stereocenters. The maximum Gasteiger partial charge on any atom is 0.223 e. The first-order valence-electron chi connectivity index (χ1n) is 4.12. The summed E-state index contributed by atoms with van der Waals surface area (Å²) in [7, 11) is 0. The second-order valence-electron chi connectivity index (χ2n) is 3.17. The molecule has 1 aliphatic heterocycles. The minimum Gasteiger partial charge on any atom is -0.394 e. The van der Waals surface area contributed by atoms with Gasteiger partial charge in [0.2, 0.25) is 5.91 Å². The van der Waals surface area contributed by atoms with Gasteiger partial charge in [-0.05, 0) is 12.3 Å². The van der Waals surface area contributed by atoms with Gasteiger partial charge >= 0.3 is 0 Å². The molecule has 0 radical (unpaired) electrons. The number of aliphatic hydroxyl groups is 1. The van der Waals surface area contributed by atoms with E-state index in [1.807, 2.05) is 13.8 Å². The van der Waals surface area contributed by atoms with Gasteiger partial charge in [0.1, 0.15) is 0 Å². The molecule has 3 nitrogen and oxygen atoms in total. The molecule has 1 aliphatic rings. The van der Waals surface area contributed by atoms with Gasteiger partial charge in [-0.2, -0.15) is 0 Å². The highest BCUT2D eigenvalue weighted by molar-refractivity contribution is 5.81. The molecule has 0 aromatic heterocycles. The molecular weight excluding hydrogens is 142 g/mol. The Kier molecular flexibility index (Phi) is 2.49. The topological polar surface area (TPSA) is 49.3 Å². The molecule has 0 aliphatic carbocycles. The van der Waals surface area contributed by atoms with E-state index < -0.39 is 0 Å². The number of amides is 1. The normalized spacial score (nSPS) is 37.4. The first-order chi connectivity index (χ1) is 5.20. The highest BCUT2D eigenvalue weighted by atomic mass is 16.3. The van der Waals surface area contributed by atoms with Crippen LogP contribution in [0.2, 0.25) is 0 Å². The van der Waals surface area contributed by atoms with Crippen LogP contribution in [-0.2, 0) is 4.79 Å². The van der Waals surface area contributed by atoms with Gasteiger partial charge < -0.3 is 10.4 Å². The van der Waals surface area contributed by atoms with Gasteiger partial charge in [0.15, 0.2) is 0 Å². The van der Waals surface area contributed by atoms with Crippen molar-refractivity contribution >= 4 is 5.91 Å². The molecule has 0 unspecified atom stereocenters. The molecule has 11 heavy (non-hydrogen) atoms. The van der Waals surface area contributed by atoms with E-state index in [2.05, 4.69) is 5.32 Å². The lowest BCUT2D eigenvalue weighted by Crippen LogP contribution is -2.31. The van der Waals surface area contributed by atoms with Gasteiger partial charge in [-0.25, -0.2) is 0 Å². The van der Waals surface area contributed by atoms with Crippen LogP contribution in [0.4, 0.5) is 0 Å². The van der Waals surface area contributed by atoms with Crippen LogP contribution in [0.3, 0.4) is 0 Å². The smallest absolute Gasteiger partial charge is 0.223 e. The van der Waals surface area contributed by atoms with Crippen LogP contribution in [0.1, 0.15) is 20.3 Å². The fraction of sp³-hybridized carbons (Fsp3) is 0.875. The summed E-state index contributed by atoms with van der Waals surface area (Å²) < 4.78 is 0. The number of hydrogen-bond donors (Lipinski definition) is 2. The van der Waals surface area contributed by atoms with Gasteiger partial charge in [0.05, 0.1) is 12.6 Å². The first-order valence-corrected chi connectivity index (χ1v) is 4.12. The van der Waals surface area contributed by atoms with Crippen molar-refractivity contribution in [3.63, 3.8) is 0 Å². The molecule has 0 aromatic rings. The van der Waals surface area contributed by atoms with Gasteiger partial charge in [-0.3, -0.25) is 4.79 Å². The molecule has 1 saturated heterocycles. The molecular formula is C8H15NO2. The third kappa shape index (κ3) is 1.38. The number of hydrogen-bond acceptors (Lipinski definition) is 2. The molecule has 1 fully saturated rings. The molecule has 1 heterocycles. The van der Waals surface area contributed by atoms with Crippen LogP contribution in [-0.4, -0.2) is 23.7 Å². The Morgan fingerprint density at radius 1 is 1.64 bits per heavy atom. The number of nitrogens with one attached hydrogen (secondary N) is 1. The summed E-state index contributed by atoms with van der Waals surface area (Å²) in [6.45, 7) is 4.07. The average molecular weight is 157 g/mol. The summed E-state index contributed by atoms with van der Waals surface area (Å²) in [5.41, 5.74) is 0. The van der Waals surface area contributed by atoms with Crippen LogP contribution in [0.5, 0.6) is 0 Å². The summed E-state index contributed by atoms with van der Waals surface area (Å²) in [4.78, 5) is 11.2. The predicted molar refractivity (Wildman–Crippen MR) is 42.0 cm³/mol. The quantitative estimate of drug-likeness (QED) is 0.599. The van der Waals surface area contributed by atoms with Crippen LogP contribution < -0.4 is 5.32 Å². The Hall–Kier alpha value is -0.570. The highest BCUT2D eigenvalue weighted by Crippen LogP contribution is 2.25. The van der Waals surface area contributed by atoms with Gasteiger partial charge in [0, 0.05) is 5.92 Å². The van der Waals surface area contributed by atoms with Crippen LogP contribution in [0.25, 0.3) is 0 Å². The van der Waals surface area contributed by atoms with E-state index in [1.165, 1.54) is 0 Å². The average Bonchev–Trinajstić information content (AvgIpc) is 2.26. The Bertz CT molecular complexity index is 158. The van der Waals surface area contributed by atoms with E-state index in [0.717, 1.165) is 6.42 Å². The van der Waals surface area contributed by atoms with Crippen LogP contribution >= 0.6 is 0 Å². The van der Waals surface area contributed by atoms with Crippen LogP contribution in [0, 0.1) is 11.8 Å². The minimum absolute atomic E-state index is 0.0209. The molecule has 64 valence electrons. The number of carbonyl (C=O) groups excluding carboxylic acids is 1. The van der Waals surface area contributed by atoms with Crippen molar-refractivity contribution in [3.8, 4) is 0 Å². The minimum atomic E-state index is -0.0209. The fourth-order valence-corrected chi connectivity index (χ4v) is 1.71. The van der Waals surface area contributed by atoms with Crippen molar-refractivity contribution in [1.29, 1.82) is 0 Å². The van der Waals surface area contributed by atoms with Crippen molar-refractivity contribution in [2.24, 2.45) is 11.8 Å². The largest absolute Gasteiger partial charge is 0.394 e. The molecule has 2 N–H and O–H groups in total. The zero-order valence-corrected chi connectivity index (χ0v) is 7.00. The van der Waals surface area contributed by atoms with E-state index in [9.17, 15) is 4.79 Å². The van der Waals surface area contributed by atoms with E-state index >= 15 is 0 Å². The Labute approximate surface area is 66.8 Å². The summed E-state index contributed by atoms with van der Waals surface area (Å²) >= 11 is 0. The van der Waals surface area contributed by atoms with E-state index in [0.29, 0.717) is 0 Å². The van der Waals surface area contributed by atoms with Gasteiger partial charge in [-0.15, -0.1) is 0 Å². The lowest BCUT2D eigenvalue weighted by molar-refractivity contribution is -0.123. The lowest BCUT2D eigenvalue weighted by atomic mass is 9.90. The molecule has 0 bridgehead atoms. The fourth-order valence-electron chi connectivity index (χ4n) is 1.71. The maximum absolute atomic E-state index is 11.2. The third-order valence-corrected chi connectivity index (χ3v) is 2.57. The molecule has 1 rings (SSSR count). The molecule has 1 amide bonds. The predicted octanol–water partition coefficient (Wildman–Crippen LogP) is 0.139. The Morgan fingerprint density at radius 3 is 2.55 bits per heavy atom. The Balaban J connectivity index is 2.62. The first kappa shape index (κ1) is 8.53. The monoisotopic (exact) mass is 157 g/mol. The van der Waals surface area contributed by atoms with Crippen molar-refractivity contribution in [3.05, 3.63) is 0 Å². The van der Waals surface area contributed by atoms with Crippen molar-refractivity contribution in [2.75, 3.05) is 6.61 Å². The molecule has 0 saturated carbocycles. The van der Waals surface area contributed by atoms with E-state index in [1.54, 1.807) is 0 Å². The Morgan fingerprint density at radius 2 is 2.27 bits per heavy atom. The van der Waals surface area contributed by atoms with Crippen molar-refractivity contribution < 1.29 is 9.90 Å². The van der Waals surface area contributed by atoms with E-state index in [4.69, 9.17) is 5.11 Å². The summed E-state index contributed by atoms with van der Waals surface area (Å²) in [6, 6.07) is -0.0209. The summed E-state index contributed by atoms with van der Waals surface area (Å²) in [6.07, 6.45) is 0.865. The number of carbonyl (C=O) groups is 1. The van der Waals surface area contributed by atoms with Crippen molar-refractivity contribution in [1.82, 2.24) is 5.32 Å². The van der Waals surface area contributed by atoms with Crippen LogP contribution in [0.15, 0.2) is 0 Å². The third-order valence-electron chi connectivity index (χ3n) is 2.57. The van der Waals surface area contributed by atoms with Crippen molar-refractivity contribution in [2.45, 2.75) is 26.3 Å². The second kappa shape index (κ2) is 3.22. The van der Waals surface area contributed by atoms with E-state index in [-0.39, 0.29) is 30.4 Å².